The zero-order chi connectivity index (χ0) is 13.1. The SMILES string of the molecule is C=CCOCCC(C(=O)OCC)C(=O)OCC. The van der Waals surface area contributed by atoms with Gasteiger partial charge in [0.05, 0.1) is 19.8 Å². The van der Waals surface area contributed by atoms with Crippen molar-refractivity contribution < 1.29 is 23.8 Å². The molecule has 0 radical (unpaired) electrons. The zero-order valence-corrected chi connectivity index (χ0v) is 10.4. The number of esters is 2. The van der Waals surface area contributed by atoms with Crippen molar-refractivity contribution >= 4 is 11.9 Å². The fraction of sp³-hybridized carbons (Fsp3) is 0.667. The molecular formula is C12H20O5. The summed E-state index contributed by atoms with van der Waals surface area (Å²) in [5.41, 5.74) is 0. The van der Waals surface area contributed by atoms with Gasteiger partial charge in [0.2, 0.25) is 0 Å². The van der Waals surface area contributed by atoms with Crippen LogP contribution in [-0.4, -0.2) is 38.4 Å². The van der Waals surface area contributed by atoms with Crippen LogP contribution in [-0.2, 0) is 23.8 Å². The monoisotopic (exact) mass is 244 g/mol. The second-order valence-corrected chi connectivity index (χ2v) is 3.21. The van der Waals surface area contributed by atoms with Gasteiger partial charge in [0.15, 0.2) is 5.92 Å². The van der Waals surface area contributed by atoms with Crippen molar-refractivity contribution in [2.45, 2.75) is 20.3 Å². The second-order valence-electron chi connectivity index (χ2n) is 3.21. The highest BCUT2D eigenvalue weighted by Gasteiger charge is 2.28. The van der Waals surface area contributed by atoms with E-state index >= 15 is 0 Å². The molecule has 0 aromatic rings. The van der Waals surface area contributed by atoms with E-state index in [9.17, 15) is 9.59 Å². The Morgan fingerprint density at radius 3 is 2.12 bits per heavy atom. The van der Waals surface area contributed by atoms with E-state index in [4.69, 9.17) is 14.2 Å². The summed E-state index contributed by atoms with van der Waals surface area (Å²) < 4.78 is 14.8. The summed E-state index contributed by atoms with van der Waals surface area (Å²) in [5.74, 6) is -2.03. The van der Waals surface area contributed by atoms with Crippen LogP contribution >= 0.6 is 0 Å². The van der Waals surface area contributed by atoms with E-state index < -0.39 is 17.9 Å². The van der Waals surface area contributed by atoms with Gasteiger partial charge in [0.1, 0.15) is 0 Å². The van der Waals surface area contributed by atoms with Crippen LogP contribution in [0.1, 0.15) is 20.3 Å². The van der Waals surface area contributed by atoms with E-state index in [2.05, 4.69) is 6.58 Å². The minimum atomic E-state index is -0.903. The number of hydrogen-bond donors (Lipinski definition) is 0. The standard InChI is InChI=1S/C12H20O5/c1-4-8-15-9-7-10(11(13)16-5-2)12(14)17-6-3/h4,10H,1,5-9H2,2-3H3. The van der Waals surface area contributed by atoms with Crippen molar-refractivity contribution in [1.29, 1.82) is 0 Å². The van der Waals surface area contributed by atoms with Gasteiger partial charge in [-0.2, -0.15) is 0 Å². The van der Waals surface area contributed by atoms with Crippen molar-refractivity contribution in [3.63, 3.8) is 0 Å². The molecular weight excluding hydrogens is 224 g/mol. The molecule has 98 valence electrons. The molecule has 0 aromatic heterocycles. The molecule has 17 heavy (non-hydrogen) atoms. The lowest BCUT2D eigenvalue weighted by molar-refractivity contribution is -0.162. The van der Waals surface area contributed by atoms with E-state index in [1.807, 2.05) is 0 Å². The third-order valence-corrected chi connectivity index (χ3v) is 1.93. The predicted molar refractivity (Wildman–Crippen MR) is 62.4 cm³/mol. The molecule has 0 rings (SSSR count). The van der Waals surface area contributed by atoms with Crippen LogP contribution in [0.15, 0.2) is 12.7 Å². The van der Waals surface area contributed by atoms with Crippen LogP contribution in [0.4, 0.5) is 0 Å². The van der Waals surface area contributed by atoms with Crippen LogP contribution in [0.2, 0.25) is 0 Å². The molecule has 0 spiro atoms. The molecule has 0 fully saturated rings. The molecule has 0 bridgehead atoms. The van der Waals surface area contributed by atoms with Crippen LogP contribution in [0.3, 0.4) is 0 Å². The normalized spacial score (nSPS) is 10.1. The quantitative estimate of drug-likeness (QED) is 0.265. The van der Waals surface area contributed by atoms with E-state index in [1.54, 1.807) is 19.9 Å². The third kappa shape index (κ3) is 6.73. The van der Waals surface area contributed by atoms with Gasteiger partial charge in [0.25, 0.3) is 0 Å². The molecule has 0 atom stereocenters. The first-order valence-corrected chi connectivity index (χ1v) is 5.69. The summed E-state index contributed by atoms with van der Waals surface area (Å²) in [6.07, 6.45) is 1.86. The molecule has 0 unspecified atom stereocenters. The summed E-state index contributed by atoms with van der Waals surface area (Å²) in [6, 6.07) is 0. The molecule has 0 amide bonds. The van der Waals surface area contributed by atoms with Crippen LogP contribution in [0, 0.1) is 5.92 Å². The summed E-state index contributed by atoms with van der Waals surface area (Å²) in [7, 11) is 0. The van der Waals surface area contributed by atoms with E-state index in [-0.39, 0.29) is 26.2 Å². The molecule has 0 saturated carbocycles. The van der Waals surface area contributed by atoms with Crippen LogP contribution < -0.4 is 0 Å². The Morgan fingerprint density at radius 2 is 1.71 bits per heavy atom. The number of ether oxygens (including phenoxy) is 3. The van der Waals surface area contributed by atoms with Crippen molar-refractivity contribution in [1.82, 2.24) is 0 Å². The summed E-state index contributed by atoms with van der Waals surface area (Å²) in [6.45, 7) is 8.03. The fourth-order valence-electron chi connectivity index (χ4n) is 1.19. The largest absolute Gasteiger partial charge is 0.465 e. The van der Waals surface area contributed by atoms with E-state index in [1.165, 1.54) is 0 Å². The molecule has 0 aliphatic heterocycles. The van der Waals surface area contributed by atoms with Crippen LogP contribution in [0.25, 0.3) is 0 Å². The Morgan fingerprint density at radius 1 is 1.18 bits per heavy atom. The highest BCUT2D eigenvalue weighted by molar-refractivity contribution is 5.94. The Kier molecular flexibility index (Phi) is 9.05. The fourth-order valence-corrected chi connectivity index (χ4v) is 1.19. The van der Waals surface area contributed by atoms with Crippen molar-refractivity contribution in [3.05, 3.63) is 12.7 Å². The molecule has 0 N–H and O–H groups in total. The zero-order valence-electron chi connectivity index (χ0n) is 10.4. The van der Waals surface area contributed by atoms with Gasteiger partial charge in [-0.15, -0.1) is 6.58 Å². The lowest BCUT2D eigenvalue weighted by Gasteiger charge is -2.13. The predicted octanol–water partition coefficient (Wildman–Crippen LogP) is 1.32. The Hall–Kier alpha value is -1.36. The van der Waals surface area contributed by atoms with E-state index in [0.717, 1.165) is 0 Å². The maximum Gasteiger partial charge on any atom is 0.320 e. The van der Waals surface area contributed by atoms with Gasteiger partial charge in [-0.1, -0.05) is 6.08 Å². The average molecular weight is 244 g/mol. The summed E-state index contributed by atoms with van der Waals surface area (Å²) in [5, 5.41) is 0. The molecule has 0 aliphatic rings. The van der Waals surface area contributed by atoms with Crippen molar-refractivity contribution in [3.8, 4) is 0 Å². The van der Waals surface area contributed by atoms with Crippen molar-refractivity contribution in [2.75, 3.05) is 26.4 Å². The number of hydrogen-bond acceptors (Lipinski definition) is 5. The lowest BCUT2D eigenvalue weighted by Crippen LogP contribution is -2.29. The molecule has 5 nitrogen and oxygen atoms in total. The van der Waals surface area contributed by atoms with Crippen molar-refractivity contribution in [2.24, 2.45) is 5.92 Å². The van der Waals surface area contributed by atoms with Gasteiger partial charge < -0.3 is 14.2 Å². The summed E-state index contributed by atoms with van der Waals surface area (Å²) in [4.78, 5) is 23.0. The Balaban J connectivity index is 4.24. The van der Waals surface area contributed by atoms with E-state index in [0.29, 0.717) is 6.61 Å². The molecule has 0 aromatic carbocycles. The Bertz CT molecular complexity index is 231. The summed E-state index contributed by atoms with van der Waals surface area (Å²) >= 11 is 0. The first kappa shape index (κ1) is 15.6. The molecule has 0 saturated heterocycles. The molecule has 0 heterocycles. The molecule has 5 heteroatoms. The smallest absolute Gasteiger partial charge is 0.320 e. The number of rotatable bonds is 9. The highest BCUT2D eigenvalue weighted by atomic mass is 16.6. The maximum atomic E-state index is 11.5. The van der Waals surface area contributed by atoms with Crippen LogP contribution in [0.5, 0.6) is 0 Å². The average Bonchev–Trinajstić information content (AvgIpc) is 2.29. The Labute approximate surface area is 102 Å². The molecule has 0 aliphatic carbocycles. The van der Waals surface area contributed by atoms with Gasteiger partial charge in [-0.25, -0.2) is 0 Å². The highest BCUT2D eigenvalue weighted by Crippen LogP contribution is 2.09. The topological polar surface area (TPSA) is 61.8 Å². The first-order chi connectivity index (χ1) is 8.17. The van der Waals surface area contributed by atoms with Gasteiger partial charge in [-0.05, 0) is 20.3 Å². The second kappa shape index (κ2) is 9.84. The van der Waals surface area contributed by atoms with Gasteiger partial charge in [0, 0.05) is 6.61 Å². The third-order valence-electron chi connectivity index (χ3n) is 1.93. The maximum absolute atomic E-state index is 11.5. The number of carbonyl (C=O) groups is 2. The lowest BCUT2D eigenvalue weighted by atomic mass is 10.1. The van der Waals surface area contributed by atoms with Gasteiger partial charge in [-0.3, -0.25) is 9.59 Å². The number of carbonyl (C=O) groups excluding carboxylic acids is 2. The minimum absolute atomic E-state index is 0.238. The minimum Gasteiger partial charge on any atom is -0.465 e. The first-order valence-electron chi connectivity index (χ1n) is 5.69. The van der Waals surface area contributed by atoms with Gasteiger partial charge >= 0.3 is 11.9 Å².